The Bertz CT molecular complexity index is 441. The van der Waals surface area contributed by atoms with Crippen molar-refractivity contribution in [3.8, 4) is 12.1 Å². The standard InChI is InChI=1S/C13H17N3O3/c1-13(2)9(10(13)12(18)19)11(17)16(7-3-5-14)8-4-6-15/h9-10H,3-4,7-8H2,1-2H3,(H,18,19)/t9-,10+/m1/s1. The maximum absolute atomic E-state index is 12.3. The molecule has 0 bridgehead atoms. The van der Waals surface area contributed by atoms with Crippen LogP contribution in [0.25, 0.3) is 0 Å². The van der Waals surface area contributed by atoms with Crippen LogP contribution in [0.1, 0.15) is 26.7 Å². The van der Waals surface area contributed by atoms with Crippen molar-refractivity contribution in [2.24, 2.45) is 17.3 Å². The summed E-state index contributed by atoms with van der Waals surface area (Å²) in [5.74, 6) is -2.46. The SMILES string of the molecule is CC1(C)[C@H](C(=O)O)[C@@H]1C(=O)N(CCC#N)CCC#N. The number of carboxylic acid groups (broad SMARTS) is 1. The fourth-order valence-electron chi connectivity index (χ4n) is 2.46. The molecule has 1 N–H and O–H groups in total. The van der Waals surface area contributed by atoms with Crippen LogP contribution >= 0.6 is 0 Å². The third-order valence-corrected chi connectivity index (χ3v) is 3.66. The third-order valence-electron chi connectivity index (χ3n) is 3.66. The Morgan fingerprint density at radius 1 is 1.16 bits per heavy atom. The molecule has 1 rings (SSSR count). The number of hydrogen-bond donors (Lipinski definition) is 1. The second-order valence-electron chi connectivity index (χ2n) is 5.26. The number of rotatable bonds is 6. The molecule has 0 aromatic rings. The van der Waals surface area contributed by atoms with Crippen molar-refractivity contribution in [3.05, 3.63) is 0 Å². The maximum atomic E-state index is 12.3. The summed E-state index contributed by atoms with van der Waals surface area (Å²) in [6.07, 6.45) is 0.365. The van der Waals surface area contributed by atoms with Gasteiger partial charge in [0.25, 0.3) is 0 Å². The van der Waals surface area contributed by atoms with E-state index in [2.05, 4.69) is 0 Å². The number of amides is 1. The van der Waals surface area contributed by atoms with Gasteiger partial charge in [-0.25, -0.2) is 0 Å². The lowest BCUT2D eigenvalue weighted by atomic mass is 10.1. The first-order valence-electron chi connectivity index (χ1n) is 6.13. The largest absolute Gasteiger partial charge is 0.481 e. The lowest BCUT2D eigenvalue weighted by Crippen LogP contribution is -2.35. The third kappa shape index (κ3) is 3.03. The van der Waals surface area contributed by atoms with Gasteiger partial charge in [-0.2, -0.15) is 10.5 Å². The molecule has 1 saturated carbocycles. The van der Waals surface area contributed by atoms with Crippen molar-refractivity contribution in [1.29, 1.82) is 10.5 Å². The van der Waals surface area contributed by atoms with Gasteiger partial charge in [0.2, 0.25) is 5.91 Å². The predicted molar refractivity (Wildman–Crippen MR) is 65.4 cm³/mol. The molecule has 0 radical (unpaired) electrons. The van der Waals surface area contributed by atoms with E-state index in [9.17, 15) is 9.59 Å². The van der Waals surface area contributed by atoms with Gasteiger partial charge < -0.3 is 10.0 Å². The van der Waals surface area contributed by atoms with Gasteiger partial charge in [-0.3, -0.25) is 9.59 Å². The molecule has 1 amide bonds. The van der Waals surface area contributed by atoms with E-state index in [-0.39, 0.29) is 31.8 Å². The molecule has 6 heteroatoms. The van der Waals surface area contributed by atoms with Gasteiger partial charge >= 0.3 is 5.97 Å². The van der Waals surface area contributed by atoms with Gasteiger partial charge in [-0.15, -0.1) is 0 Å². The van der Waals surface area contributed by atoms with Crippen LogP contribution in [0.5, 0.6) is 0 Å². The van der Waals surface area contributed by atoms with Gasteiger partial charge in [0.1, 0.15) is 0 Å². The fourth-order valence-corrected chi connectivity index (χ4v) is 2.46. The minimum atomic E-state index is -0.969. The van der Waals surface area contributed by atoms with Crippen LogP contribution in [-0.4, -0.2) is 35.0 Å². The second kappa shape index (κ2) is 5.71. The van der Waals surface area contributed by atoms with Crippen LogP contribution in [0, 0.1) is 39.9 Å². The molecule has 1 aliphatic carbocycles. The molecule has 0 aliphatic heterocycles. The Morgan fingerprint density at radius 3 is 1.95 bits per heavy atom. The lowest BCUT2D eigenvalue weighted by Gasteiger charge is -2.21. The Kier molecular flexibility index (Phi) is 4.50. The molecule has 6 nitrogen and oxygen atoms in total. The van der Waals surface area contributed by atoms with Crippen LogP contribution in [0.15, 0.2) is 0 Å². The Hall–Kier alpha value is -2.08. The van der Waals surface area contributed by atoms with E-state index in [0.717, 1.165) is 0 Å². The minimum Gasteiger partial charge on any atom is -0.481 e. The highest BCUT2D eigenvalue weighted by atomic mass is 16.4. The van der Waals surface area contributed by atoms with Crippen LogP contribution in [0.2, 0.25) is 0 Å². The van der Waals surface area contributed by atoms with E-state index in [0.29, 0.717) is 0 Å². The number of hydrogen-bond acceptors (Lipinski definition) is 4. The quantitative estimate of drug-likeness (QED) is 0.769. The Balaban J connectivity index is 2.75. The average Bonchev–Trinajstić information content (AvgIpc) is 2.92. The first kappa shape index (κ1) is 15.0. The van der Waals surface area contributed by atoms with E-state index in [1.165, 1.54) is 4.90 Å². The summed E-state index contributed by atoms with van der Waals surface area (Å²) in [6.45, 7) is 3.99. The highest BCUT2D eigenvalue weighted by molar-refractivity contribution is 5.91. The zero-order chi connectivity index (χ0) is 14.6. The summed E-state index contributed by atoms with van der Waals surface area (Å²) in [4.78, 5) is 24.8. The molecule has 2 atom stereocenters. The molecule has 0 heterocycles. The first-order valence-corrected chi connectivity index (χ1v) is 6.13. The van der Waals surface area contributed by atoms with E-state index >= 15 is 0 Å². The summed E-state index contributed by atoms with van der Waals surface area (Å²) in [5.41, 5.74) is -0.555. The summed E-state index contributed by atoms with van der Waals surface area (Å²) in [6, 6.07) is 3.90. The summed E-state index contributed by atoms with van der Waals surface area (Å²) in [7, 11) is 0. The molecule has 0 aromatic heterocycles. The van der Waals surface area contributed by atoms with Crippen molar-refractivity contribution in [1.82, 2.24) is 4.90 Å². The molecule has 0 aromatic carbocycles. The highest BCUT2D eigenvalue weighted by Crippen LogP contribution is 2.59. The number of nitriles is 2. The van der Waals surface area contributed by atoms with Gasteiger partial charge in [-0.05, 0) is 5.41 Å². The van der Waals surface area contributed by atoms with Crippen LogP contribution < -0.4 is 0 Å². The van der Waals surface area contributed by atoms with Crippen LogP contribution in [0.4, 0.5) is 0 Å². The van der Waals surface area contributed by atoms with Gasteiger partial charge in [-0.1, -0.05) is 13.8 Å². The van der Waals surface area contributed by atoms with Crippen molar-refractivity contribution in [3.63, 3.8) is 0 Å². The normalized spacial score (nSPS) is 22.9. The van der Waals surface area contributed by atoms with E-state index in [1.54, 1.807) is 13.8 Å². The fraction of sp³-hybridized carbons (Fsp3) is 0.692. The Morgan fingerprint density at radius 2 is 1.63 bits per heavy atom. The van der Waals surface area contributed by atoms with E-state index in [1.807, 2.05) is 12.1 Å². The molecule has 0 unspecified atom stereocenters. The number of nitrogens with zero attached hydrogens (tertiary/aromatic N) is 3. The highest BCUT2D eigenvalue weighted by Gasteiger charge is 2.66. The summed E-state index contributed by atoms with van der Waals surface area (Å²) < 4.78 is 0. The number of carbonyl (C=O) groups is 2. The zero-order valence-corrected chi connectivity index (χ0v) is 11.1. The molecule has 1 fully saturated rings. The predicted octanol–water partition coefficient (Wildman–Crippen LogP) is 0.999. The van der Waals surface area contributed by atoms with Crippen molar-refractivity contribution < 1.29 is 14.7 Å². The molecular weight excluding hydrogens is 246 g/mol. The van der Waals surface area contributed by atoms with Crippen molar-refractivity contribution >= 4 is 11.9 Å². The van der Waals surface area contributed by atoms with Crippen LogP contribution in [0.3, 0.4) is 0 Å². The molecule has 19 heavy (non-hydrogen) atoms. The smallest absolute Gasteiger partial charge is 0.307 e. The number of aliphatic carboxylic acids is 1. The molecule has 102 valence electrons. The monoisotopic (exact) mass is 263 g/mol. The first-order chi connectivity index (χ1) is 8.87. The molecular formula is C13H17N3O3. The van der Waals surface area contributed by atoms with Crippen molar-refractivity contribution in [2.45, 2.75) is 26.7 Å². The number of carboxylic acids is 1. The van der Waals surface area contributed by atoms with Crippen LogP contribution in [-0.2, 0) is 9.59 Å². The minimum absolute atomic E-state index is 0.183. The number of carbonyl (C=O) groups excluding carboxylic acids is 1. The van der Waals surface area contributed by atoms with Gasteiger partial charge in [0, 0.05) is 13.1 Å². The van der Waals surface area contributed by atoms with Gasteiger partial charge in [0.05, 0.1) is 36.8 Å². The van der Waals surface area contributed by atoms with E-state index in [4.69, 9.17) is 15.6 Å². The summed E-state index contributed by atoms with van der Waals surface area (Å²) >= 11 is 0. The molecule has 0 spiro atoms. The Labute approximate surface area is 112 Å². The molecule has 0 saturated heterocycles. The van der Waals surface area contributed by atoms with Gasteiger partial charge in [0.15, 0.2) is 0 Å². The maximum Gasteiger partial charge on any atom is 0.307 e. The van der Waals surface area contributed by atoms with Crippen molar-refractivity contribution in [2.75, 3.05) is 13.1 Å². The summed E-state index contributed by atoms with van der Waals surface area (Å²) in [5, 5.41) is 26.2. The van der Waals surface area contributed by atoms with E-state index < -0.39 is 23.2 Å². The second-order valence-corrected chi connectivity index (χ2v) is 5.26. The topological polar surface area (TPSA) is 105 Å². The lowest BCUT2D eigenvalue weighted by molar-refractivity contribution is -0.142. The molecule has 1 aliphatic rings. The zero-order valence-electron chi connectivity index (χ0n) is 11.1. The average molecular weight is 263 g/mol.